The Hall–Kier alpha value is -4.29. The zero-order valence-electron chi connectivity index (χ0n) is 18.9. The van der Waals surface area contributed by atoms with Gasteiger partial charge in [0, 0.05) is 22.7 Å². The molecule has 0 amide bonds. The molecule has 35 heavy (non-hydrogen) atoms. The molecule has 0 radical (unpaired) electrons. The molecular weight excluding hydrogens is 460 g/mol. The summed E-state index contributed by atoms with van der Waals surface area (Å²) in [6.07, 6.45) is 0. The van der Waals surface area contributed by atoms with Gasteiger partial charge in [-0.3, -0.25) is 0 Å². The lowest BCUT2D eigenvalue weighted by molar-refractivity contribution is 0.0594. The first-order valence-corrected chi connectivity index (χ1v) is 11.4. The van der Waals surface area contributed by atoms with Gasteiger partial charge in [-0.1, -0.05) is 72.3 Å². The van der Waals surface area contributed by atoms with Crippen LogP contribution in [0.5, 0.6) is 0 Å². The van der Waals surface area contributed by atoms with E-state index in [1.54, 1.807) is 18.2 Å². The van der Waals surface area contributed by atoms with Gasteiger partial charge in [-0.15, -0.1) is 0 Å². The lowest BCUT2D eigenvalue weighted by Gasteiger charge is -2.14. The fourth-order valence-electron chi connectivity index (χ4n) is 3.77. The zero-order chi connectivity index (χ0) is 24.2. The third-order valence-corrected chi connectivity index (χ3v) is 5.77. The largest absolute Gasteiger partial charge is 0.464 e. The minimum Gasteiger partial charge on any atom is -0.464 e. The predicted octanol–water partition coefficient (Wildman–Crippen LogP) is 6.41. The highest BCUT2D eigenvalue weighted by molar-refractivity contribution is 6.30. The second kappa shape index (κ2) is 9.91. The fraction of sp³-hybridized carbons (Fsp3) is 0.0714. The van der Waals surface area contributed by atoms with Crippen LogP contribution in [-0.2, 0) is 11.3 Å². The number of pyridine rings is 1. The zero-order valence-corrected chi connectivity index (χ0v) is 19.7. The number of anilines is 1. The number of nitrogens with zero attached hydrogens (tertiary/aromatic N) is 3. The summed E-state index contributed by atoms with van der Waals surface area (Å²) < 4.78 is 4.97. The standard InChI is InChI=1S/C28H21ClN4O2/c1-35-28(34)23-16-22(30-17-18-8-4-2-5-9-18)25-26(31-23)24(19-10-6-3-7-11-19)32-27(33-25)20-12-14-21(29)15-13-20/h2-16H,17H2,1H3,(H,30,31). The van der Waals surface area contributed by atoms with Gasteiger partial charge in [0.1, 0.15) is 16.7 Å². The summed E-state index contributed by atoms with van der Waals surface area (Å²) in [7, 11) is 1.34. The molecule has 5 aromatic rings. The van der Waals surface area contributed by atoms with Crippen LogP contribution in [0.2, 0.25) is 5.02 Å². The smallest absolute Gasteiger partial charge is 0.356 e. The molecule has 172 valence electrons. The van der Waals surface area contributed by atoms with E-state index >= 15 is 0 Å². The first-order chi connectivity index (χ1) is 17.1. The number of esters is 1. The molecule has 0 atom stereocenters. The number of hydrogen-bond donors (Lipinski definition) is 1. The van der Waals surface area contributed by atoms with Crippen molar-refractivity contribution in [2.24, 2.45) is 0 Å². The monoisotopic (exact) mass is 480 g/mol. The van der Waals surface area contributed by atoms with Crippen molar-refractivity contribution in [3.8, 4) is 22.6 Å². The van der Waals surface area contributed by atoms with Gasteiger partial charge in [-0.25, -0.2) is 19.7 Å². The number of carbonyl (C=O) groups excluding carboxylic acids is 1. The molecule has 0 saturated carbocycles. The molecule has 2 aromatic heterocycles. The Morgan fingerprint density at radius 3 is 2.20 bits per heavy atom. The summed E-state index contributed by atoms with van der Waals surface area (Å²) in [5, 5.41) is 4.06. The van der Waals surface area contributed by atoms with Crippen molar-refractivity contribution < 1.29 is 9.53 Å². The Morgan fingerprint density at radius 2 is 1.51 bits per heavy atom. The number of aromatic nitrogens is 3. The maximum absolute atomic E-state index is 12.5. The van der Waals surface area contributed by atoms with E-state index in [1.165, 1.54) is 7.11 Å². The van der Waals surface area contributed by atoms with Crippen LogP contribution >= 0.6 is 11.6 Å². The number of fused-ring (bicyclic) bond motifs is 1. The van der Waals surface area contributed by atoms with E-state index in [4.69, 9.17) is 26.3 Å². The fourth-order valence-corrected chi connectivity index (χ4v) is 3.89. The number of benzene rings is 3. The summed E-state index contributed by atoms with van der Waals surface area (Å²) in [6.45, 7) is 0.543. The van der Waals surface area contributed by atoms with Gasteiger partial charge >= 0.3 is 5.97 Å². The summed E-state index contributed by atoms with van der Waals surface area (Å²) in [4.78, 5) is 26.8. The van der Waals surface area contributed by atoms with Crippen molar-refractivity contribution in [2.45, 2.75) is 6.54 Å². The SMILES string of the molecule is COC(=O)c1cc(NCc2ccccc2)c2nc(-c3ccc(Cl)cc3)nc(-c3ccccc3)c2n1. The molecule has 0 aliphatic rings. The van der Waals surface area contributed by atoms with Crippen LogP contribution in [0.15, 0.2) is 91.0 Å². The highest BCUT2D eigenvalue weighted by Crippen LogP contribution is 2.32. The molecule has 2 heterocycles. The maximum atomic E-state index is 12.5. The van der Waals surface area contributed by atoms with Gasteiger partial charge in [-0.05, 0) is 35.9 Å². The number of halogens is 1. The van der Waals surface area contributed by atoms with Crippen molar-refractivity contribution in [2.75, 3.05) is 12.4 Å². The molecule has 0 aliphatic heterocycles. The molecule has 0 spiro atoms. The van der Waals surface area contributed by atoms with Gasteiger partial charge in [-0.2, -0.15) is 0 Å². The number of ether oxygens (including phenoxy) is 1. The van der Waals surface area contributed by atoms with Crippen molar-refractivity contribution in [3.05, 3.63) is 107 Å². The van der Waals surface area contributed by atoms with E-state index in [-0.39, 0.29) is 5.69 Å². The van der Waals surface area contributed by atoms with Crippen molar-refractivity contribution in [3.63, 3.8) is 0 Å². The second-order valence-electron chi connectivity index (χ2n) is 7.85. The Balaban J connectivity index is 1.75. The van der Waals surface area contributed by atoms with Crippen LogP contribution in [0.25, 0.3) is 33.7 Å². The molecule has 7 heteroatoms. The van der Waals surface area contributed by atoms with Crippen molar-refractivity contribution in [1.82, 2.24) is 15.0 Å². The topological polar surface area (TPSA) is 77.0 Å². The molecule has 0 saturated heterocycles. The van der Waals surface area contributed by atoms with Gasteiger partial charge in [0.15, 0.2) is 11.5 Å². The molecule has 1 N–H and O–H groups in total. The van der Waals surface area contributed by atoms with Crippen molar-refractivity contribution in [1.29, 1.82) is 0 Å². The Morgan fingerprint density at radius 1 is 0.829 bits per heavy atom. The molecule has 3 aromatic carbocycles. The van der Waals surface area contributed by atoms with E-state index < -0.39 is 5.97 Å². The lowest BCUT2D eigenvalue weighted by atomic mass is 10.1. The van der Waals surface area contributed by atoms with E-state index in [9.17, 15) is 4.79 Å². The minimum absolute atomic E-state index is 0.176. The Labute approximate surface area is 207 Å². The van der Waals surface area contributed by atoms with Gasteiger partial charge in [0.25, 0.3) is 0 Å². The minimum atomic E-state index is -0.532. The normalized spacial score (nSPS) is 10.8. The maximum Gasteiger partial charge on any atom is 0.356 e. The predicted molar refractivity (Wildman–Crippen MR) is 138 cm³/mol. The van der Waals surface area contributed by atoms with Crippen LogP contribution in [0, 0.1) is 0 Å². The lowest BCUT2D eigenvalue weighted by Crippen LogP contribution is -2.09. The number of nitrogens with one attached hydrogen (secondary N) is 1. The molecule has 6 nitrogen and oxygen atoms in total. The van der Waals surface area contributed by atoms with Crippen LogP contribution in [0.1, 0.15) is 16.1 Å². The van der Waals surface area contributed by atoms with Gasteiger partial charge < -0.3 is 10.1 Å². The first-order valence-electron chi connectivity index (χ1n) is 11.0. The van der Waals surface area contributed by atoms with E-state index in [0.29, 0.717) is 39.8 Å². The summed E-state index contributed by atoms with van der Waals surface area (Å²) in [5.74, 6) is -0.00107. The van der Waals surface area contributed by atoms with E-state index in [0.717, 1.165) is 16.7 Å². The van der Waals surface area contributed by atoms with Crippen LogP contribution in [-0.4, -0.2) is 28.0 Å². The van der Waals surface area contributed by atoms with Gasteiger partial charge in [0.2, 0.25) is 0 Å². The summed E-state index contributed by atoms with van der Waals surface area (Å²) in [5.41, 5.74) is 5.34. The number of rotatable bonds is 6. The van der Waals surface area contributed by atoms with Gasteiger partial charge in [0.05, 0.1) is 12.8 Å². The second-order valence-corrected chi connectivity index (χ2v) is 8.29. The third-order valence-electron chi connectivity index (χ3n) is 5.52. The summed E-state index contributed by atoms with van der Waals surface area (Å²) >= 11 is 6.10. The molecule has 0 bridgehead atoms. The molecular formula is C28H21ClN4O2. The quantitative estimate of drug-likeness (QED) is 0.283. The first kappa shape index (κ1) is 22.5. The average Bonchev–Trinajstić information content (AvgIpc) is 2.92. The van der Waals surface area contributed by atoms with Crippen LogP contribution < -0.4 is 5.32 Å². The van der Waals surface area contributed by atoms with E-state index in [2.05, 4.69) is 10.3 Å². The van der Waals surface area contributed by atoms with E-state index in [1.807, 2.05) is 72.8 Å². The Kier molecular flexibility index (Phi) is 6.37. The molecule has 0 fully saturated rings. The highest BCUT2D eigenvalue weighted by atomic mass is 35.5. The number of methoxy groups -OCH3 is 1. The third kappa shape index (κ3) is 4.83. The molecule has 5 rings (SSSR count). The Bertz CT molecular complexity index is 1490. The number of carbonyl (C=O) groups is 1. The summed E-state index contributed by atoms with van der Waals surface area (Å²) in [6, 6.07) is 28.8. The number of hydrogen-bond acceptors (Lipinski definition) is 6. The highest BCUT2D eigenvalue weighted by Gasteiger charge is 2.19. The van der Waals surface area contributed by atoms with Crippen molar-refractivity contribution >= 4 is 34.3 Å². The van der Waals surface area contributed by atoms with Crippen LogP contribution in [0.3, 0.4) is 0 Å². The van der Waals surface area contributed by atoms with Crippen LogP contribution in [0.4, 0.5) is 5.69 Å². The molecule has 0 unspecified atom stereocenters. The molecule has 0 aliphatic carbocycles. The average molecular weight is 481 g/mol.